The van der Waals surface area contributed by atoms with Gasteiger partial charge in [-0.3, -0.25) is 0 Å². The monoisotopic (exact) mass is 362 g/mol. The number of halogens is 2. The molecule has 2 aromatic carbocycles. The molecule has 1 N–H and O–H groups in total. The van der Waals surface area contributed by atoms with Gasteiger partial charge >= 0.3 is 0 Å². The molecule has 88 valence electrons. The summed E-state index contributed by atoms with van der Waals surface area (Å²) in [4.78, 5) is 0. The quantitative estimate of drug-likeness (QED) is 0.700. The van der Waals surface area contributed by atoms with Gasteiger partial charge in [0, 0.05) is 20.1 Å². The van der Waals surface area contributed by atoms with E-state index in [1.165, 1.54) is 0 Å². The van der Waals surface area contributed by atoms with E-state index in [0.29, 0.717) is 0 Å². The van der Waals surface area contributed by atoms with Crippen molar-refractivity contribution in [1.29, 1.82) is 0 Å². The minimum atomic E-state index is -1.33. The molecular weight excluding hydrogens is 356 g/mol. The fourth-order valence-corrected chi connectivity index (χ4v) is 3.13. The van der Waals surface area contributed by atoms with Crippen LogP contribution in [-0.2, 0) is 5.60 Å². The first-order valence-electron chi connectivity index (χ1n) is 5.37. The molecule has 18 heavy (non-hydrogen) atoms. The van der Waals surface area contributed by atoms with Crippen LogP contribution < -0.4 is 0 Å². The normalized spacial score (nSPS) is 14.8. The van der Waals surface area contributed by atoms with Gasteiger partial charge in [-0.2, -0.15) is 0 Å². The van der Waals surface area contributed by atoms with E-state index < -0.39 is 5.60 Å². The summed E-state index contributed by atoms with van der Waals surface area (Å²) in [7, 11) is 0. The molecule has 0 radical (unpaired) electrons. The van der Waals surface area contributed by atoms with Crippen LogP contribution in [0.5, 0.6) is 0 Å². The van der Waals surface area contributed by atoms with E-state index in [-0.39, 0.29) is 0 Å². The Kier molecular flexibility index (Phi) is 2.63. The average molecular weight is 364 g/mol. The smallest absolute Gasteiger partial charge is 0.177 e. The fraction of sp³-hybridized carbons (Fsp3) is 0.0667. The van der Waals surface area contributed by atoms with Gasteiger partial charge in [-0.15, -0.1) is 6.42 Å². The molecule has 0 bridgehead atoms. The van der Waals surface area contributed by atoms with Crippen molar-refractivity contribution >= 4 is 31.9 Å². The van der Waals surface area contributed by atoms with Crippen LogP contribution in [0.1, 0.15) is 11.1 Å². The molecule has 1 aliphatic carbocycles. The summed E-state index contributed by atoms with van der Waals surface area (Å²) in [6.45, 7) is 0. The van der Waals surface area contributed by atoms with E-state index in [1.54, 1.807) is 0 Å². The largest absolute Gasteiger partial charge is 0.369 e. The minimum absolute atomic E-state index is 0.765. The maximum atomic E-state index is 10.7. The Morgan fingerprint density at radius 3 is 1.78 bits per heavy atom. The number of fused-ring (bicyclic) bond motifs is 3. The van der Waals surface area contributed by atoms with Gasteiger partial charge in [0.15, 0.2) is 5.60 Å². The van der Waals surface area contributed by atoms with E-state index in [0.717, 1.165) is 31.2 Å². The summed E-state index contributed by atoms with van der Waals surface area (Å²) in [5.74, 6) is 2.52. The molecule has 0 fully saturated rings. The minimum Gasteiger partial charge on any atom is -0.369 e. The fourth-order valence-electron chi connectivity index (χ4n) is 2.41. The lowest BCUT2D eigenvalue weighted by Gasteiger charge is -2.18. The highest BCUT2D eigenvalue weighted by Gasteiger charge is 2.40. The average Bonchev–Trinajstić information content (AvgIpc) is 2.60. The van der Waals surface area contributed by atoms with Gasteiger partial charge in [-0.1, -0.05) is 49.9 Å². The molecule has 0 aromatic heterocycles. The van der Waals surface area contributed by atoms with Gasteiger partial charge in [0.25, 0.3) is 0 Å². The van der Waals surface area contributed by atoms with Crippen LogP contribution >= 0.6 is 31.9 Å². The molecule has 3 rings (SSSR count). The molecule has 3 heteroatoms. The number of rotatable bonds is 0. The van der Waals surface area contributed by atoms with Crippen molar-refractivity contribution in [3.05, 3.63) is 56.5 Å². The standard InChI is InChI=1S/C15H8Br2O/c1-2-15(18)13-5-3-9(16)7-11(13)12-8-10(17)4-6-14(12)15/h1,3-8,18H. The van der Waals surface area contributed by atoms with Crippen molar-refractivity contribution in [2.24, 2.45) is 0 Å². The van der Waals surface area contributed by atoms with E-state index >= 15 is 0 Å². The summed E-state index contributed by atoms with van der Waals surface area (Å²) >= 11 is 6.90. The molecule has 1 nitrogen and oxygen atoms in total. The summed E-state index contributed by atoms with van der Waals surface area (Å²) in [6, 6.07) is 11.5. The lowest BCUT2D eigenvalue weighted by atomic mass is 9.93. The molecule has 0 aliphatic heterocycles. The topological polar surface area (TPSA) is 20.2 Å². The van der Waals surface area contributed by atoms with Gasteiger partial charge in [0.2, 0.25) is 0 Å². The highest BCUT2D eigenvalue weighted by Crippen LogP contribution is 2.48. The van der Waals surface area contributed by atoms with Gasteiger partial charge in [0.1, 0.15) is 0 Å². The third kappa shape index (κ3) is 1.50. The third-order valence-corrected chi connectivity index (χ3v) is 4.23. The SMILES string of the molecule is C#CC1(O)c2ccc(Br)cc2-c2cc(Br)ccc21. The Hall–Kier alpha value is -1.08. The number of benzene rings is 2. The number of terminal acetylenes is 1. The highest BCUT2D eigenvalue weighted by molar-refractivity contribution is 9.10. The number of hydrogen-bond acceptors (Lipinski definition) is 1. The molecular formula is C15H8Br2O. The van der Waals surface area contributed by atoms with Gasteiger partial charge < -0.3 is 5.11 Å². The second-order valence-corrected chi connectivity index (χ2v) is 6.07. The van der Waals surface area contributed by atoms with Crippen LogP contribution in [0.2, 0.25) is 0 Å². The van der Waals surface area contributed by atoms with E-state index in [4.69, 9.17) is 6.42 Å². The van der Waals surface area contributed by atoms with Crippen LogP contribution in [0.15, 0.2) is 45.3 Å². The van der Waals surface area contributed by atoms with Crippen molar-refractivity contribution in [3.63, 3.8) is 0 Å². The van der Waals surface area contributed by atoms with Gasteiger partial charge in [0.05, 0.1) is 0 Å². The van der Waals surface area contributed by atoms with Crippen molar-refractivity contribution in [2.75, 3.05) is 0 Å². The number of hydrogen-bond donors (Lipinski definition) is 1. The third-order valence-electron chi connectivity index (χ3n) is 3.24. The zero-order chi connectivity index (χ0) is 12.9. The highest BCUT2D eigenvalue weighted by atomic mass is 79.9. The predicted molar refractivity (Wildman–Crippen MR) is 79.1 cm³/mol. The molecule has 0 spiro atoms. The Balaban J connectivity index is 2.43. The van der Waals surface area contributed by atoms with Gasteiger partial charge in [-0.05, 0) is 35.4 Å². The Morgan fingerprint density at radius 2 is 1.39 bits per heavy atom. The maximum Gasteiger partial charge on any atom is 0.177 e. The first-order valence-corrected chi connectivity index (χ1v) is 6.95. The molecule has 0 saturated carbocycles. The summed E-state index contributed by atoms with van der Waals surface area (Å²) < 4.78 is 1.93. The molecule has 0 heterocycles. The molecule has 1 aliphatic rings. The summed E-state index contributed by atoms with van der Waals surface area (Å²) in [5.41, 5.74) is 2.15. The lowest BCUT2D eigenvalue weighted by molar-refractivity contribution is 0.150. The maximum absolute atomic E-state index is 10.7. The molecule has 0 atom stereocenters. The van der Waals surface area contributed by atoms with Crippen molar-refractivity contribution in [3.8, 4) is 23.5 Å². The first kappa shape index (κ1) is 12.0. The van der Waals surface area contributed by atoms with E-state index in [2.05, 4.69) is 37.8 Å². The van der Waals surface area contributed by atoms with E-state index in [1.807, 2.05) is 36.4 Å². The first-order chi connectivity index (χ1) is 8.56. The van der Waals surface area contributed by atoms with Crippen LogP contribution in [0.25, 0.3) is 11.1 Å². The molecule has 2 aromatic rings. The Bertz CT molecular complexity index is 647. The van der Waals surface area contributed by atoms with Crippen LogP contribution in [0, 0.1) is 12.3 Å². The van der Waals surface area contributed by atoms with Crippen LogP contribution in [0.3, 0.4) is 0 Å². The van der Waals surface area contributed by atoms with Crippen molar-refractivity contribution in [1.82, 2.24) is 0 Å². The number of aliphatic hydroxyl groups is 1. The second kappa shape index (κ2) is 3.96. The van der Waals surface area contributed by atoms with Crippen LogP contribution in [-0.4, -0.2) is 5.11 Å². The van der Waals surface area contributed by atoms with Crippen molar-refractivity contribution < 1.29 is 5.11 Å². The Morgan fingerprint density at radius 1 is 0.944 bits per heavy atom. The molecule has 0 saturated heterocycles. The lowest BCUT2D eigenvalue weighted by Crippen LogP contribution is -2.21. The summed E-state index contributed by atoms with van der Waals surface area (Å²) in [6.07, 6.45) is 5.55. The summed E-state index contributed by atoms with van der Waals surface area (Å²) in [5, 5.41) is 10.7. The molecule has 0 amide bonds. The zero-order valence-electron chi connectivity index (χ0n) is 9.24. The van der Waals surface area contributed by atoms with E-state index in [9.17, 15) is 5.11 Å². The van der Waals surface area contributed by atoms with Crippen LogP contribution in [0.4, 0.5) is 0 Å². The zero-order valence-corrected chi connectivity index (χ0v) is 12.4. The van der Waals surface area contributed by atoms with Gasteiger partial charge in [-0.25, -0.2) is 0 Å². The second-order valence-electron chi connectivity index (χ2n) is 4.23. The predicted octanol–water partition coefficient (Wildman–Crippen LogP) is 4.06. The molecule has 0 unspecified atom stereocenters. The van der Waals surface area contributed by atoms with Crippen molar-refractivity contribution in [2.45, 2.75) is 5.60 Å². The Labute approximate surface area is 122 Å².